The molecule has 122 valence electrons. The summed E-state index contributed by atoms with van der Waals surface area (Å²) in [5.41, 5.74) is 5.28. The van der Waals surface area contributed by atoms with E-state index < -0.39 is 5.97 Å². The van der Waals surface area contributed by atoms with E-state index in [0.29, 0.717) is 17.9 Å². The molecule has 2 aromatic heterocycles. The second-order valence-electron chi connectivity index (χ2n) is 5.88. The fraction of sp³-hybridized carbons (Fsp3) is 0.211. The predicted molar refractivity (Wildman–Crippen MR) is 92.2 cm³/mol. The molecule has 5 heteroatoms. The van der Waals surface area contributed by atoms with Gasteiger partial charge in [-0.15, -0.1) is 0 Å². The van der Waals surface area contributed by atoms with Gasteiger partial charge in [0.2, 0.25) is 0 Å². The lowest BCUT2D eigenvalue weighted by molar-refractivity contribution is 0.0696. The number of rotatable bonds is 4. The first-order valence-electron chi connectivity index (χ1n) is 7.74. The van der Waals surface area contributed by atoms with Crippen LogP contribution in [-0.4, -0.2) is 25.6 Å². The largest absolute Gasteiger partial charge is 0.478 e. The summed E-state index contributed by atoms with van der Waals surface area (Å²) in [6, 6.07) is 7.85. The normalized spacial score (nSPS) is 10.8. The second kappa shape index (κ2) is 6.28. The third kappa shape index (κ3) is 2.80. The van der Waals surface area contributed by atoms with Gasteiger partial charge in [0.05, 0.1) is 17.8 Å². The Labute approximate surface area is 140 Å². The lowest BCUT2D eigenvalue weighted by atomic mass is 9.97. The summed E-state index contributed by atoms with van der Waals surface area (Å²) >= 11 is 0. The van der Waals surface area contributed by atoms with Gasteiger partial charge in [-0.2, -0.15) is 0 Å². The van der Waals surface area contributed by atoms with Crippen LogP contribution in [0, 0.1) is 20.8 Å². The van der Waals surface area contributed by atoms with Crippen molar-refractivity contribution >= 4 is 5.97 Å². The van der Waals surface area contributed by atoms with E-state index in [1.54, 1.807) is 24.7 Å². The summed E-state index contributed by atoms with van der Waals surface area (Å²) in [7, 11) is 0. The molecule has 3 rings (SSSR count). The van der Waals surface area contributed by atoms with Crippen LogP contribution in [0.2, 0.25) is 0 Å². The molecule has 0 spiro atoms. The first kappa shape index (κ1) is 15.9. The Hall–Kier alpha value is -2.95. The summed E-state index contributed by atoms with van der Waals surface area (Å²) in [6.07, 6.45) is 5.06. The van der Waals surface area contributed by atoms with Crippen LogP contribution in [0.15, 0.2) is 42.9 Å². The van der Waals surface area contributed by atoms with Gasteiger partial charge in [0.25, 0.3) is 0 Å². The van der Waals surface area contributed by atoms with Crippen molar-refractivity contribution in [2.75, 3.05) is 0 Å². The number of benzene rings is 1. The minimum atomic E-state index is -0.923. The molecule has 5 nitrogen and oxygen atoms in total. The van der Waals surface area contributed by atoms with E-state index in [1.807, 2.05) is 43.5 Å². The summed E-state index contributed by atoms with van der Waals surface area (Å²) < 4.78 is 1.93. The van der Waals surface area contributed by atoms with Gasteiger partial charge in [-0.25, -0.2) is 14.8 Å². The fourth-order valence-corrected chi connectivity index (χ4v) is 3.08. The summed E-state index contributed by atoms with van der Waals surface area (Å²) in [5.74, 6) is -0.273. The molecule has 0 aliphatic rings. The Bertz CT molecular complexity index is 878. The molecule has 0 bridgehead atoms. The van der Waals surface area contributed by atoms with Crippen LogP contribution in [0.4, 0.5) is 0 Å². The molecule has 3 aromatic rings. The molecule has 2 heterocycles. The average molecular weight is 321 g/mol. The molecule has 0 aliphatic heterocycles. The van der Waals surface area contributed by atoms with Gasteiger partial charge in [-0.3, -0.25) is 0 Å². The highest BCUT2D eigenvalue weighted by Gasteiger charge is 2.21. The summed E-state index contributed by atoms with van der Waals surface area (Å²) in [6.45, 7) is 6.36. The Morgan fingerprint density at radius 2 is 1.71 bits per heavy atom. The van der Waals surface area contributed by atoms with E-state index in [2.05, 4.69) is 9.97 Å². The Morgan fingerprint density at radius 3 is 2.29 bits per heavy atom. The number of hydrogen-bond donors (Lipinski definition) is 1. The van der Waals surface area contributed by atoms with Gasteiger partial charge in [0.1, 0.15) is 5.82 Å². The zero-order valence-corrected chi connectivity index (χ0v) is 13.9. The molecule has 1 aromatic carbocycles. The number of carbonyl (C=O) groups is 1. The zero-order chi connectivity index (χ0) is 17.3. The number of aromatic nitrogens is 3. The van der Waals surface area contributed by atoms with Gasteiger partial charge in [0, 0.05) is 24.2 Å². The van der Waals surface area contributed by atoms with Crippen LogP contribution in [0.1, 0.15) is 32.9 Å². The number of aryl methyl sites for hydroxylation is 2. The molecule has 0 saturated carbocycles. The smallest absolute Gasteiger partial charge is 0.337 e. The van der Waals surface area contributed by atoms with E-state index in [0.717, 1.165) is 27.9 Å². The van der Waals surface area contributed by atoms with Gasteiger partial charge in [-0.1, -0.05) is 18.2 Å². The first-order chi connectivity index (χ1) is 11.5. The number of carboxylic acid groups (broad SMARTS) is 1. The maximum absolute atomic E-state index is 11.6. The van der Waals surface area contributed by atoms with Crippen molar-refractivity contribution in [3.8, 4) is 11.3 Å². The third-order valence-corrected chi connectivity index (χ3v) is 4.21. The van der Waals surface area contributed by atoms with Crippen molar-refractivity contribution in [1.29, 1.82) is 0 Å². The Morgan fingerprint density at radius 1 is 1.08 bits per heavy atom. The molecule has 0 unspecified atom stereocenters. The molecule has 0 atom stereocenters. The van der Waals surface area contributed by atoms with Crippen molar-refractivity contribution in [1.82, 2.24) is 14.5 Å². The molecule has 24 heavy (non-hydrogen) atoms. The molecular weight excluding hydrogens is 302 g/mol. The maximum atomic E-state index is 11.6. The lowest BCUT2D eigenvalue weighted by Crippen LogP contribution is -2.06. The zero-order valence-electron chi connectivity index (χ0n) is 13.9. The van der Waals surface area contributed by atoms with Crippen LogP contribution in [0.5, 0.6) is 0 Å². The van der Waals surface area contributed by atoms with E-state index in [4.69, 9.17) is 0 Å². The van der Waals surface area contributed by atoms with Gasteiger partial charge >= 0.3 is 5.97 Å². The van der Waals surface area contributed by atoms with Crippen LogP contribution in [0.25, 0.3) is 11.3 Å². The fourth-order valence-electron chi connectivity index (χ4n) is 3.08. The third-order valence-electron chi connectivity index (χ3n) is 4.21. The van der Waals surface area contributed by atoms with Crippen LogP contribution in [0.3, 0.4) is 0 Å². The first-order valence-corrected chi connectivity index (χ1v) is 7.74. The quantitative estimate of drug-likeness (QED) is 0.797. The highest BCUT2D eigenvalue weighted by atomic mass is 16.4. The Kier molecular flexibility index (Phi) is 4.16. The molecule has 0 aliphatic carbocycles. The van der Waals surface area contributed by atoms with Crippen LogP contribution in [-0.2, 0) is 6.54 Å². The van der Waals surface area contributed by atoms with Gasteiger partial charge < -0.3 is 9.67 Å². The second-order valence-corrected chi connectivity index (χ2v) is 5.88. The van der Waals surface area contributed by atoms with Gasteiger partial charge in [0.15, 0.2) is 0 Å². The topological polar surface area (TPSA) is 68.0 Å². The summed E-state index contributed by atoms with van der Waals surface area (Å²) in [5, 5.41) is 9.51. The number of carboxylic acids is 1. The average Bonchev–Trinajstić information content (AvgIpc) is 2.86. The minimum Gasteiger partial charge on any atom is -0.478 e. The van der Waals surface area contributed by atoms with E-state index >= 15 is 0 Å². The van der Waals surface area contributed by atoms with Crippen LogP contribution < -0.4 is 0 Å². The monoisotopic (exact) mass is 321 g/mol. The molecule has 0 amide bonds. The number of nitrogens with zero attached hydrogens (tertiary/aromatic N) is 3. The lowest BCUT2D eigenvalue weighted by Gasteiger charge is -2.15. The molecular formula is C19H19N3O2. The van der Waals surface area contributed by atoms with Crippen molar-refractivity contribution in [3.63, 3.8) is 0 Å². The SMILES string of the molecule is Cc1cccc(C)c1-c1c(C)c(C(=O)O)cn1Cc1ncccn1. The minimum absolute atomic E-state index is 0.309. The predicted octanol–water partition coefficient (Wildman–Crippen LogP) is 3.62. The molecule has 0 saturated heterocycles. The van der Waals surface area contributed by atoms with E-state index in [-0.39, 0.29) is 0 Å². The van der Waals surface area contributed by atoms with Crippen molar-refractivity contribution in [2.24, 2.45) is 0 Å². The highest BCUT2D eigenvalue weighted by Crippen LogP contribution is 2.33. The molecule has 0 radical (unpaired) electrons. The molecule has 0 fully saturated rings. The highest BCUT2D eigenvalue weighted by molar-refractivity contribution is 5.92. The van der Waals surface area contributed by atoms with Gasteiger partial charge in [-0.05, 0) is 43.5 Å². The van der Waals surface area contributed by atoms with Crippen molar-refractivity contribution < 1.29 is 9.90 Å². The summed E-state index contributed by atoms with van der Waals surface area (Å²) in [4.78, 5) is 20.1. The number of hydrogen-bond acceptors (Lipinski definition) is 3. The van der Waals surface area contributed by atoms with Crippen molar-refractivity contribution in [2.45, 2.75) is 27.3 Å². The van der Waals surface area contributed by atoms with E-state index in [9.17, 15) is 9.90 Å². The molecule has 1 N–H and O–H groups in total. The Balaban J connectivity index is 2.22. The van der Waals surface area contributed by atoms with E-state index in [1.165, 1.54) is 0 Å². The van der Waals surface area contributed by atoms with Crippen LogP contribution >= 0.6 is 0 Å². The standard InChI is InChI=1S/C19H19N3O2/c1-12-6-4-7-13(2)17(12)18-14(3)15(19(23)24)10-22(18)11-16-20-8-5-9-21-16/h4-10H,11H2,1-3H3,(H,23,24). The maximum Gasteiger partial charge on any atom is 0.337 e. The van der Waals surface area contributed by atoms with Crippen molar-refractivity contribution in [3.05, 3.63) is 70.9 Å². The number of aromatic carboxylic acids is 1.